The molecule has 1 N–H and O–H groups in total. The van der Waals surface area contributed by atoms with Crippen molar-refractivity contribution in [1.82, 2.24) is 5.32 Å². The molecule has 1 unspecified atom stereocenters. The number of hydrogen-bond acceptors (Lipinski definition) is 2. The van der Waals surface area contributed by atoms with Gasteiger partial charge in [0.05, 0.1) is 12.0 Å². The third kappa shape index (κ3) is 1.65. The van der Waals surface area contributed by atoms with E-state index in [2.05, 4.69) is 5.32 Å². The van der Waals surface area contributed by atoms with Gasteiger partial charge in [0.1, 0.15) is 0 Å². The monoisotopic (exact) mass is 263 g/mol. The topological polar surface area (TPSA) is 46.2 Å². The first-order valence-electron chi connectivity index (χ1n) is 6.21. The summed E-state index contributed by atoms with van der Waals surface area (Å²) in [5.74, 6) is 0.0766. The lowest BCUT2D eigenvalue weighted by Gasteiger charge is -2.40. The highest BCUT2D eigenvalue weighted by Crippen LogP contribution is 2.42. The number of carbonyl (C=O) groups is 2. The van der Waals surface area contributed by atoms with Crippen molar-refractivity contribution in [2.45, 2.75) is 31.1 Å². The Bertz CT molecular complexity index is 541. The second-order valence-electron chi connectivity index (χ2n) is 5.14. The summed E-state index contributed by atoms with van der Waals surface area (Å²) in [5.41, 5.74) is 1.43. The van der Waals surface area contributed by atoms with E-state index in [9.17, 15) is 9.59 Å². The van der Waals surface area contributed by atoms with Gasteiger partial charge in [-0.1, -0.05) is 17.7 Å². The van der Waals surface area contributed by atoms with Crippen LogP contribution in [0.1, 0.15) is 30.4 Å². The maximum absolute atomic E-state index is 12.3. The highest BCUT2D eigenvalue weighted by atomic mass is 35.5. The van der Waals surface area contributed by atoms with Gasteiger partial charge < -0.3 is 5.32 Å². The molecule has 1 aromatic rings. The largest absolute Gasteiger partial charge is 0.348 e. The van der Waals surface area contributed by atoms with Gasteiger partial charge in [-0.2, -0.15) is 0 Å². The van der Waals surface area contributed by atoms with Crippen molar-refractivity contribution in [1.29, 1.82) is 0 Å². The fourth-order valence-corrected chi connectivity index (χ4v) is 3.35. The number of carbonyl (C=O) groups excluding carboxylic acids is 2. The zero-order valence-corrected chi connectivity index (χ0v) is 10.7. The van der Waals surface area contributed by atoms with Crippen molar-refractivity contribution in [3.05, 3.63) is 34.3 Å². The molecule has 3 rings (SSSR count). The Morgan fingerprint density at radius 2 is 2.11 bits per heavy atom. The quantitative estimate of drug-likeness (QED) is 0.778. The molecule has 0 aromatic heterocycles. The molecule has 18 heavy (non-hydrogen) atoms. The van der Waals surface area contributed by atoms with Crippen molar-refractivity contribution < 1.29 is 9.59 Å². The molecule has 4 heteroatoms. The number of piperidine rings is 1. The summed E-state index contributed by atoms with van der Waals surface area (Å²) in [6, 6.07) is 5.68. The van der Waals surface area contributed by atoms with E-state index in [0.717, 1.165) is 30.4 Å². The number of benzene rings is 1. The number of ketones is 1. The number of nitrogens with one attached hydrogen (secondary N) is 1. The van der Waals surface area contributed by atoms with Crippen molar-refractivity contribution >= 4 is 23.3 Å². The highest BCUT2D eigenvalue weighted by molar-refractivity contribution is 6.30. The average molecular weight is 264 g/mol. The van der Waals surface area contributed by atoms with Crippen molar-refractivity contribution in [3.8, 4) is 0 Å². The molecular weight excluding hydrogens is 250 g/mol. The van der Waals surface area contributed by atoms with Crippen LogP contribution in [-0.4, -0.2) is 18.2 Å². The van der Waals surface area contributed by atoms with Crippen LogP contribution in [0.25, 0.3) is 0 Å². The lowest BCUT2D eigenvalue weighted by molar-refractivity contribution is -0.136. The van der Waals surface area contributed by atoms with Crippen molar-refractivity contribution in [2.24, 2.45) is 0 Å². The first kappa shape index (κ1) is 11.7. The molecule has 0 radical (unpaired) electrons. The average Bonchev–Trinajstić information content (AvgIpc) is 2.35. The summed E-state index contributed by atoms with van der Waals surface area (Å²) >= 11 is 6.05. The molecule has 1 heterocycles. The maximum Gasteiger partial charge on any atom is 0.231 e. The number of halogens is 1. The highest BCUT2D eigenvalue weighted by Gasteiger charge is 2.47. The van der Waals surface area contributed by atoms with Gasteiger partial charge in [0.25, 0.3) is 0 Å². The molecule has 94 valence electrons. The predicted octanol–water partition coefficient (Wildman–Crippen LogP) is 2.00. The van der Waals surface area contributed by atoms with Gasteiger partial charge in [-0.25, -0.2) is 0 Å². The lowest BCUT2D eigenvalue weighted by Crippen LogP contribution is -2.54. The minimum atomic E-state index is -0.673. The number of amides is 1. The summed E-state index contributed by atoms with van der Waals surface area (Å²) in [6.45, 7) is 0.163. The summed E-state index contributed by atoms with van der Waals surface area (Å²) < 4.78 is 0. The molecule has 1 spiro atoms. The number of hydrogen-bond donors (Lipinski definition) is 1. The van der Waals surface area contributed by atoms with Crippen LogP contribution < -0.4 is 5.32 Å². The molecule has 1 saturated heterocycles. The Hall–Kier alpha value is -1.35. The van der Waals surface area contributed by atoms with Gasteiger partial charge in [0.15, 0.2) is 5.78 Å². The number of Topliss-reactive ketones (excluding diaryl/α,β-unsaturated/α-hetero) is 1. The van der Waals surface area contributed by atoms with E-state index < -0.39 is 5.41 Å². The van der Waals surface area contributed by atoms with Gasteiger partial charge >= 0.3 is 0 Å². The molecule has 1 fully saturated rings. The minimum Gasteiger partial charge on any atom is -0.348 e. The van der Waals surface area contributed by atoms with E-state index in [-0.39, 0.29) is 18.2 Å². The lowest BCUT2D eigenvalue weighted by atomic mass is 9.65. The molecule has 1 amide bonds. The van der Waals surface area contributed by atoms with Crippen LogP contribution in [0.3, 0.4) is 0 Å². The molecule has 3 nitrogen and oxygen atoms in total. The van der Waals surface area contributed by atoms with Gasteiger partial charge in [-0.3, -0.25) is 9.59 Å². The summed E-state index contributed by atoms with van der Waals surface area (Å²) in [5, 5.41) is 3.35. The number of fused-ring (bicyclic) bond motifs is 2. The molecule has 1 atom stereocenters. The zero-order valence-electron chi connectivity index (χ0n) is 9.96. The number of rotatable bonds is 0. The van der Waals surface area contributed by atoms with Crippen LogP contribution in [0.5, 0.6) is 0 Å². The standard InChI is InChI=1S/C14H14ClNO2/c15-10-4-3-9-2-1-5-14(12(9)6-10)7-11(17)8-16-13(14)18/h3-4,6H,1-2,5,7-8H2,(H,16,18). The van der Waals surface area contributed by atoms with Gasteiger partial charge in [-0.15, -0.1) is 0 Å². The summed E-state index contributed by atoms with van der Waals surface area (Å²) in [7, 11) is 0. The maximum atomic E-state index is 12.3. The second-order valence-corrected chi connectivity index (χ2v) is 5.57. The van der Waals surface area contributed by atoms with Crippen LogP contribution in [0.15, 0.2) is 18.2 Å². The van der Waals surface area contributed by atoms with E-state index in [1.165, 1.54) is 0 Å². The van der Waals surface area contributed by atoms with Crippen LogP contribution in [0, 0.1) is 0 Å². The fourth-order valence-electron chi connectivity index (χ4n) is 3.17. The Morgan fingerprint density at radius 3 is 2.94 bits per heavy atom. The summed E-state index contributed by atoms with van der Waals surface area (Å²) in [6.07, 6.45) is 2.94. The fraction of sp³-hybridized carbons (Fsp3) is 0.429. The van der Waals surface area contributed by atoms with E-state index in [0.29, 0.717) is 11.4 Å². The molecule has 0 bridgehead atoms. The first-order chi connectivity index (χ1) is 8.62. The third-order valence-corrected chi connectivity index (χ3v) is 4.25. The second kappa shape index (κ2) is 4.09. The van der Waals surface area contributed by atoms with E-state index in [1.807, 2.05) is 18.2 Å². The smallest absolute Gasteiger partial charge is 0.231 e. The molecule has 2 aliphatic rings. The van der Waals surface area contributed by atoms with Crippen molar-refractivity contribution in [3.63, 3.8) is 0 Å². The Labute approximate surface area is 111 Å². The molecule has 1 aromatic carbocycles. The van der Waals surface area contributed by atoms with Crippen molar-refractivity contribution in [2.75, 3.05) is 6.54 Å². The van der Waals surface area contributed by atoms with Crippen LogP contribution >= 0.6 is 11.6 Å². The normalized spacial score (nSPS) is 26.9. The van der Waals surface area contributed by atoms with Gasteiger partial charge in [0, 0.05) is 11.4 Å². The Kier molecular flexibility index (Phi) is 2.67. The van der Waals surface area contributed by atoms with Crippen LogP contribution in [-0.2, 0) is 21.4 Å². The third-order valence-electron chi connectivity index (χ3n) is 4.02. The minimum absolute atomic E-state index is 0.0229. The Morgan fingerprint density at radius 1 is 1.28 bits per heavy atom. The first-order valence-corrected chi connectivity index (χ1v) is 6.58. The molecule has 0 saturated carbocycles. The van der Waals surface area contributed by atoms with Gasteiger partial charge in [-0.05, 0) is 42.5 Å². The Balaban J connectivity index is 2.16. The number of aryl methyl sites for hydroxylation is 1. The SMILES string of the molecule is O=C1CNC(=O)C2(CCCc3ccc(Cl)cc32)C1. The molecule has 1 aliphatic heterocycles. The van der Waals surface area contributed by atoms with Crippen LogP contribution in [0.4, 0.5) is 0 Å². The van der Waals surface area contributed by atoms with E-state index in [4.69, 9.17) is 11.6 Å². The van der Waals surface area contributed by atoms with Crippen LogP contribution in [0.2, 0.25) is 5.02 Å². The van der Waals surface area contributed by atoms with E-state index in [1.54, 1.807) is 0 Å². The van der Waals surface area contributed by atoms with E-state index >= 15 is 0 Å². The summed E-state index contributed by atoms with van der Waals surface area (Å²) in [4.78, 5) is 24.0. The molecule has 1 aliphatic carbocycles. The van der Waals surface area contributed by atoms with Gasteiger partial charge in [0.2, 0.25) is 5.91 Å². The zero-order chi connectivity index (χ0) is 12.8. The predicted molar refractivity (Wildman–Crippen MR) is 68.7 cm³/mol. The molecular formula is C14H14ClNO2.